The third-order valence-corrected chi connectivity index (χ3v) is 12.7. The molecule has 8 nitrogen and oxygen atoms in total. The number of hydrogen-bond acceptors (Lipinski definition) is 10. The molecular formula is C46H92N2O6S2. The molecule has 0 fully saturated rings. The van der Waals surface area contributed by atoms with Crippen molar-refractivity contribution in [2.24, 2.45) is 0 Å². The van der Waals surface area contributed by atoms with Crippen molar-refractivity contribution in [1.82, 2.24) is 9.80 Å². The molecule has 0 aromatic heterocycles. The van der Waals surface area contributed by atoms with E-state index in [0.717, 1.165) is 101 Å². The van der Waals surface area contributed by atoms with Crippen LogP contribution in [0, 0.1) is 0 Å². The Morgan fingerprint density at radius 3 is 0.821 bits per heavy atom. The number of nitrogens with zero attached hydrogens (tertiary/aromatic N) is 2. The normalized spacial score (nSPS) is 14.1. The number of aliphatic hydroxyl groups excluding tert-OH is 4. The molecule has 0 bridgehead atoms. The Kier molecular flexibility index (Phi) is 41.4. The Balaban J connectivity index is 4.98. The lowest BCUT2D eigenvalue weighted by atomic mass is 10.1. The molecule has 334 valence electrons. The molecule has 0 aliphatic rings. The number of unbranched alkanes of at least 4 members (excludes halogenated alkanes) is 20. The fourth-order valence-electron chi connectivity index (χ4n) is 7.37. The highest BCUT2D eigenvalue weighted by atomic mass is 32.2. The average molecular weight is 833 g/mol. The van der Waals surface area contributed by atoms with Crippen molar-refractivity contribution in [2.45, 2.75) is 232 Å². The van der Waals surface area contributed by atoms with Gasteiger partial charge in [-0.25, -0.2) is 0 Å². The monoisotopic (exact) mass is 833 g/mol. The number of rotatable bonds is 42. The van der Waals surface area contributed by atoms with E-state index in [0.29, 0.717) is 50.8 Å². The average Bonchev–Trinajstić information content (AvgIpc) is 3.16. The van der Waals surface area contributed by atoms with E-state index in [1.54, 1.807) is 0 Å². The summed E-state index contributed by atoms with van der Waals surface area (Å²) in [6.07, 6.45) is 29.2. The summed E-state index contributed by atoms with van der Waals surface area (Å²) in [7, 11) is 0. The van der Waals surface area contributed by atoms with Crippen LogP contribution in [0.3, 0.4) is 0 Å². The smallest absolute Gasteiger partial charge is 0.266 e. The highest BCUT2D eigenvalue weighted by Crippen LogP contribution is 2.17. The first-order valence-electron chi connectivity index (χ1n) is 23.7. The van der Waals surface area contributed by atoms with Crippen molar-refractivity contribution < 1.29 is 30.0 Å². The van der Waals surface area contributed by atoms with Gasteiger partial charge in [-0.2, -0.15) is 0 Å². The summed E-state index contributed by atoms with van der Waals surface area (Å²) in [4.78, 5) is 30.0. The van der Waals surface area contributed by atoms with Gasteiger partial charge in [0.25, 0.3) is 10.2 Å². The first kappa shape index (κ1) is 55.8. The zero-order valence-electron chi connectivity index (χ0n) is 37.1. The topological polar surface area (TPSA) is 122 Å². The molecule has 0 radical (unpaired) electrons. The SMILES string of the molecule is CCCCCCCCC(O)CN(CCSC(=O)C(=O)SCCN(CC(O)CCCCCCCC)CC(O)CCCCCCCC)CC(O)CCCCCCCC. The number of carbonyl (C=O) groups excluding carboxylic acids is 2. The van der Waals surface area contributed by atoms with Gasteiger partial charge < -0.3 is 20.4 Å². The summed E-state index contributed by atoms with van der Waals surface area (Å²) in [5, 5.41) is 42.5. The van der Waals surface area contributed by atoms with Crippen LogP contribution < -0.4 is 0 Å². The Morgan fingerprint density at radius 2 is 0.589 bits per heavy atom. The van der Waals surface area contributed by atoms with Crippen molar-refractivity contribution in [3.05, 3.63) is 0 Å². The molecule has 0 heterocycles. The second-order valence-corrected chi connectivity index (χ2v) is 18.8. The predicted octanol–water partition coefficient (Wildman–Crippen LogP) is 10.6. The minimum absolute atomic E-state index is 0.431. The lowest BCUT2D eigenvalue weighted by molar-refractivity contribution is -0.126. The third-order valence-electron chi connectivity index (χ3n) is 10.9. The summed E-state index contributed by atoms with van der Waals surface area (Å²) < 4.78 is 0. The Hall–Kier alpha value is -0.200. The maximum absolute atomic E-state index is 12.9. The largest absolute Gasteiger partial charge is 0.392 e. The van der Waals surface area contributed by atoms with E-state index >= 15 is 0 Å². The van der Waals surface area contributed by atoms with Gasteiger partial charge in [0.15, 0.2) is 0 Å². The van der Waals surface area contributed by atoms with E-state index in [-0.39, 0.29) is 0 Å². The Bertz CT molecular complexity index is 756. The third kappa shape index (κ3) is 36.8. The van der Waals surface area contributed by atoms with Gasteiger partial charge in [0.05, 0.1) is 24.4 Å². The van der Waals surface area contributed by atoms with Crippen LogP contribution in [0.5, 0.6) is 0 Å². The summed E-state index contributed by atoms with van der Waals surface area (Å²) in [6, 6.07) is 0. The van der Waals surface area contributed by atoms with Crippen molar-refractivity contribution in [1.29, 1.82) is 0 Å². The van der Waals surface area contributed by atoms with E-state index in [1.165, 1.54) is 103 Å². The van der Waals surface area contributed by atoms with Gasteiger partial charge in [-0.1, -0.05) is 205 Å². The van der Waals surface area contributed by atoms with Crippen LogP contribution in [0.2, 0.25) is 0 Å². The van der Waals surface area contributed by atoms with Crippen LogP contribution in [-0.4, -0.2) is 116 Å². The van der Waals surface area contributed by atoms with Crippen LogP contribution in [0.25, 0.3) is 0 Å². The predicted molar refractivity (Wildman–Crippen MR) is 244 cm³/mol. The van der Waals surface area contributed by atoms with Gasteiger partial charge in [0.1, 0.15) is 0 Å². The van der Waals surface area contributed by atoms with E-state index in [1.807, 2.05) is 0 Å². The molecule has 0 saturated carbocycles. The lowest BCUT2D eigenvalue weighted by Gasteiger charge is -2.27. The second-order valence-electron chi connectivity index (χ2n) is 16.6. The molecule has 0 amide bonds. The fourth-order valence-corrected chi connectivity index (χ4v) is 9.02. The van der Waals surface area contributed by atoms with Crippen LogP contribution in [0.1, 0.15) is 207 Å². The summed E-state index contributed by atoms with van der Waals surface area (Å²) in [5.41, 5.74) is 0. The molecule has 0 aliphatic heterocycles. The molecule has 0 saturated heterocycles. The maximum Gasteiger partial charge on any atom is 0.266 e. The van der Waals surface area contributed by atoms with E-state index < -0.39 is 34.6 Å². The molecule has 0 aromatic carbocycles. The quantitative estimate of drug-likeness (QED) is 0.0349. The molecule has 4 atom stereocenters. The first-order valence-corrected chi connectivity index (χ1v) is 25.6. The van der Waals surface area contributed by atoms with Crippen LogP contribution in [0.4, 0.5) is 0 Å². The zero-order chi connectivity index (χ0) is 41.5. The number of carbonyl (C=O) groups is 2. The van der Waals surface area contributed by atoms with E-state index in [9.17, 15) is 30.0 Å². The maximum atomic E-state index is 12.9. The summed E-state index contributed by atoms with van der Waals surface area (Å²) >= 11 is 2.06. The van der Waals surface area contributed by atoms with Gasteiger partial charge in [0, 0.05) is 50.8 Å². The lowest BCUT2D eigenvalue weighted by Crippen LogP contribution is -2.39. The van der Waals surface area contributed by atoms with Gasteiger partial charge in [0.2, 0.25) is 0 Å². The molecule has 0 rings (SSSR count). The van der Waals surface area contributed by atoms with Gasteiger partial charge >= 0.3 is 0 Å². The van der Waals surface area contributed by atoms with Crippen molar-refractivity contribution in [3.8, 4) is 0 Å². The molecular weight excluding hydrogens is 741 g/mol. The Labute approximate surface area is 354 Å². The van der Waals surface area contributed by atoms with Gasteiger partial charge in [-0.05, 0) is 25.7 Å². The molecule has 56 heavy (non-hydrogen) atoms. The fraction of sp³-hybridized carbons (Fsp3) is 0.957. The van der Waals surface area contributed by atoms with Crippen molar-refractivity contribution in [2.75, 3.05) is 50.8 Å². The number of thioether (sulfide) groups is 2. The zero-order valence-corrected chi connectivity index (χ0v) is 38.7. The first-order chi connectivity index (χ1) is 27.2. The van der Waals surface area contributed by atoms with Gasteiger partial charge in [-0.3, -0.25) is 19.4 Å². The molecule has 10 heteroatoms. The summed E-state index contributed by atoms with van der Waals surface area (Å²) in [5.74, 6) is 0.861. The molecule has 4 N–H and O–H groups in total. The highest BCUT2D eigenvalue weighted by Gasteiger charge is 2.21. The van der Waals surface area contributed by atoms with Crippen LogP contribution in [-0.2, 0) is 9.59 Å². The van der Waals surface area contributed by atoms with Crippen molar-refractivity contribution in [3.63, 3.8) is 0 Å². The number of aliphatic hydroxyl groups is 4. The summed E-state index contributed by atoms with van der Waals surface area (Å²) in [6.45, 7) is 11.8. The van der Waals surface area contributed by atoms with Gasteiger partial charge in [-0.15, -0.1) is 0 Å². The Morgan fingerprint density at radius 1 is 0.375 bits per heavy atom. The number of hydrogen-bond donors (Lipinski definition) is 4. The molecule has 0 spiro atoms. The molecule has 4 unspecified atom stereocenters. The second kappa shape index (κ2) is 41.5. The van der Waals surface area contributed by atoms with Crippen molar-refractivity contribution >= 4 is 33.8 Å². The minimum Gasteiger partial charge on any atom is -0.392 e. The highest BCUT2D eigenvalue weighted by molar-refractivity contribution is 8.24. The van der Waals surface area contributed by atoms with Crippen LogP contribution >= 0.6 is 23.5 Å². The molecule has 0 aliphatic carbocycles. The van der Waals surface area contributed by atoms with E-state index in [2.05, 4.69) is 37.5 Å². The standard InChI is InChI=1S/C46H92N2O6S2/c1-5-9-13-17-21-25-29-41(49)37-47(38-42(50)30-26-22-18-14-10-6-2)33-35-55-45(53)46(54)56-36-34-48(39-43(51)31-27-23-19-15-11-7-3)40-44(52)32-28-24-20-16-12-8-4/h41-44,49-52H,5-40H2,1-4H3. The van der Waals surface area contributed by atoms with E-state index in [4.69, 9.17) is 0 Å². The van der Waals surface area contributed by atoms with Crippen LogP contribution in [0.15, 0.2) is 0 Å². The molecule has 0 aromatic rings. The minimum atomic E-state index is -0.475.